The molecule has 1 heterocycles. The molecule has 1 aromatic heterocycles. The Hall–Kier alpha value is -3.19. The number of carbonyl (C=O) groups is 2. The highest BCUT2D eigenvalue weighted by Crippen LogP contribution is 2.15. The summed E-state index contributed by atoms with van der Waals surface area (Å²) in [5.41, 5.74) is 0.919. The highest BCUT2D eigenvalue weighted by Gasteiger charge is 2.19. The molecule has 0 aliphatic carbocycles. The van der Waals surface area contributed by atoms with Crippen LogP contribution in [0.4, 0.5) is 5.69 Å². The van der Waals surface area contributed by atoms with E-state index in [4.69, 9.17) is 16.3 Å². The molecule has 0 aliphatic heterocycles. The van der Waals surface area contributed by atoms with E-state index in [9.17, 15) is 14.4 Å². The molecule has 0 fully saturated rings. The molecule has 0 saturated carbocycles. The second-order valence-corrected chi connectivity index (χ2v) is 6.98. The Morgan fingerprint density at radius 2 is 1.97 bits per heavy atom. The number of para-hydroxylation sites is 1. The first kappa shape index (κ1) is 20.5. The van der Waals surface area contributed by atoms with Gasteiger partial charge in [0.05, 0.1) is 17.3 Å². The van der Waals surface area contributed by atoms with Crippen molar-refractivity contribution in [3.63, 3.8) is 0 Å². The van der Waals surface area contributed by atoms with Crippen LogP contribution in [0.25, 0.3) is 10.9 Å². The van der Waals surface area contributed by atoms with Crippen LogP contribution in [-0.2, 0) is 27.8 Å². The van der Waals surface area contributed by atoms with Gasteiger partial charge in [-0.3, -0.25) is 19.0 Å². The zero-order valence-corrected chi connectivity index (χ0v) is 16.8. The SMILES string of the molecule is C[C@H](OC(=O)CCc1nc2ccccc2c(=O)n1C)C(=O)Nc1cccc(Cl)c1. The summed E-state index contributed by atoms with van der Waals surface area (Å²) in [6.07, 6.45) is -0.763. The van der Waals surface area contributed by atoms with Gasteiger partial charge < -0.3 is 10.1 Å². The van der Waals surface area contributed by atoms with Crippen molar-refractivity contribution in [3.8, 4) is 0 Å². The van der Waals surface area contributed by atoms with Crippen molar-refractivity contribution in [2.45, 2.75) is 25.9 Å². The monoisotopic (exact) mass is 413 g/mol. The Kier molecular flexibility index (Phi) is 6.29. The van der Waals surface area contributed by atoms with E-state index in [0.29, 0.717) is 27.4 Å². The van der Waals surface area contributed by atoms with Gasteiger partial charge in [0.15, 0.2) is 6.10 Å². The van der Waals surface area contributed by atoms with E-state index < -0.39 is 18.0 Å². The summed E-state index contributed by atoms with van der Waals surface area (Å²) in [6.45, 7) is 1.49. The molecule has 7 nitrogen and oxygen atoms in total. The molecule has 0 radical (unpaired) electrons. The van der Waals surface area contributed by atoms with Gasteiger partial charge in [0.1, 0.15) is 5.82 Å². The van der Waals surface area contributed by atoms with Crippen LogP contribution in [0.2, 0.25) is 5.02 Å². The van der Waals surface area contributed by atoms with Gasteiger partial charge in [0.2, 0.25) is 0 Å². The topological polar surface area (TPSA) is 90.3 Å². The lowest BCUT2D eigenvalue weighted by Crippen LogP contribution is -2.30. The van der Waals surface area contributed by atoms with Crippen LogP contribution >= 0.6 is 11.6 Å². The molecule has 0 spiro atoms. The summed E-state index contributed by atoms with van der Waals surface area (Å²) in [5, 5.41) is 3.65. The van der Waals surface area contributed by atoms with Crippen LogP contribution in [0, 0.1) is 0 Å². The van der Waals surface area contributed by atoms with Crippen molar-refractivity contribution in [1.82, 2.24) is 9.55 Å². The van der Waals surface area contributed by atoms with E-state index in [0.717, 1.165) is 0 Å². The van der Waals surface area contributed by atoms with E-state index in [1.165, 1.54) is 11.5 Å². The Labute approximate surface area is 172 Å². The van der Waals surface area contributed by atoms with E-state index in [1.54, 1.807) is 55.6 Å². The van der Waals surface area contributed by atoms with Crippen molar-refractivity contribution >= 4 is 40.1 Å². The summed E-state index contributed by atoms with van der Waals surface area (Å²) < 4.78 is 6.62. The minimum absolute atomic E-state index is 0.00654. The maximum absolute atomic E-state index is 12.4. The number of hydrogen-bond acceptors (Lipinski definition) is 5. The Morgan fingerprint density at radius 3 is 2.72 bits per heavy atom. The molecule has 1 amide bonds. The number of benzene rings is 2. The Bertz CT molecular complexity index is 1130. The second kappa shape index (κ2) is 8.87. The third kappa shape index (κ3) is 5.00. The van der Waals surface area contributed by atoms with Gasteiger partial charge in [-0.05, 0) is 37.3 Å². The molecule has 1 N–H and O–H groups in total. The van der Waals surface area contributed by atoms with Crippen molar-refractivity contribution in [1.29, 1.82) is 0 Å². The molecule has 0 saturated heterocycles. The smallest absolute Gasteiger partial charge is 0.307 e. The number of carbonyl (C=O) groups excluding carboxylic acids is 2. The predicted octanol–water partition coefficient (Wildman–Crippen LogP) is 3.09. The minimum Gasteiger partial charge on any atom is -0.453 e. The first-order valence-electron chi connectivity index (χ1n) is 9.05. The molecule has 1 atom stereocenters. The average Bonchev–Trinajstić information content (AvgIpc) is 2.69. The fourth-order valence-corrected chi connectivity index (χ4v) is 3.01. The molecule has 0 bridgehead atoms. The molecule has 0 aliphatic rings. The molecule has 0 unspecified atom stereocenters. The standard InChI is InChI=1S/C21H20ClN3O4/c1-13(20(27)23-15-7-5-6-14(22)12-15)29-19(26)11-10-18-24-17-9-4-3-8-16(17)21(28)25(18)2/h3-9,12-13H,10-11H2,1-2H3,(H,23,27)/t13-/m0/s1. The molecule has 3 aromatic rings. The number of halogens is 1. The van der Waals surface area contributed by atoms with Crippen LogP contribution in [0.1, 0.15) is 19.2 Å². The predicted molar refractivity (Wildman–Crippen MR) is 111 cm³/mol. The molecule has 29 heavy (non-hydrogen) atoms. The van der Waals surface area contributed by atoms with Gasteiger partial charge in [0, 0.05) is 24.2 Å². The summed E-state index contributed by atoms with van der Waals surface area (Å²) in [7, 11) is 1.61. The number of esters is 1. The minimum atomic E-state index is -0.977. The van der Waals surface area contributed by atoms with Crippen LogP contribution in [0.5, 0.6) is 0 Å². The molecule has 3 rings (SSSR count). The first-order valence-corrected chi connectivity index (χ1v) is 9.43. The largest absolute Gasteiger partial charge is 0.453 e. The molecule has 2 aromatic carbocycles. The normalized spacial score (nSPS) is 11.8. The summed E-state index contributed by atoms with van der Waals surface area (Å²) in [5.74, 6) is -0.542. The number of aromatic nitrogens is 2. The van der Waals surface area contributed by atoms with Crippen molar-refractivity contribution in [3.05, 3.63) is 69.7 Å². The number of nitrogens with zero attached hydrogens (tertiary/aromatic N) is 2. The molecule has 8 heteroatoms. The summed E-state index contributed by atoms with van der Waals surface area (Å²) in [6, 6.07) is 13.7. The molecule has 150 valence electrons. The lowest BCUT2D eigenvalue weighted by Gasteiger charge is -2.14. The lowest BCUT2D eigenvalue weighted by atomic mass is 10.2. The van der Waals surface area contributed by atoms with Gasteiger partial charge in [-0.25, -0.2) is 4.98 Å². The maximum Gasteiger partial charge on any atom is 0.307 e. The number of hydrogen-bond donors (Lipinski definition) is 1. The van der Waals surface area contributed by atoms with E-state index >= 15 is 0 Å². The van der Waals surface area contributed by atoms with Gasteiger partial charge in [-0.1, -0.05) is 29.8 Å². The number of anilines is 1. The highest BCUT2D eigenvalue weighted by molar-refractivity contribution is 6.30. The van der Waals surface area contributed by atoms with Crippen LogP contribution in [0.3, 0.4) is 0 Å². The van der Waals surface area contributed by atoms with Gasteiger partial charge in [0.25, 0.3) is 11.5 Å². The number of nitrogens with one attached hydrogen (secondary N) is 1. The number of aryl methyl sites for hydroxylation is 1. The lowest BCUT2D eigenvalue weighted by molar-refractivity contribution is -0.153. The highest BCUT2D eigenvalue weighted by atomic mass is 35.5. The van der Waals surface area contributed by atoms with Crippen molar-refractivity contribution in [2.24, 2.45) is 7.05 Å². The Morgan fingerprint density at radius 1 is 1.21 bits per heavy atom. The van der Waals surface area contributed by atoms with Gasteiger partial charge >= 0.3 is 5.97 Å². The number of fused-ring (bicyclic) bond motifs is 1. The average molecular weight is 414 g/mol. The summed E-state index contributed by atoms with van der Waals surface area (Å²) in [4.78, 5) is 41.2. The van der Waals surface area contributed by atoms with Crippen LogP contribution in [-0.4, -0.2) is 27.5 Å². The number of amides is 1. The molecular formula is C21H20ClN3O4. The van der Waals surface area contributed by atoms with Crippen molar-refractivity contribution < 1.29 is 14.3 Å². The third-order valence-electron chi connectivity index (χ3n) is 4.40. The van der Waals surface area contributed by atoms with Gasteiger partial charge in [-0.15, -0.1) is 0 Å². The Balaban J connectivity index is 1.59. The fraction of sp³-hybridized carbons (Fsp3) is 0.238. The zero-order valence-electron chi connectivity index (χ0n) is 16.0. The van der Waals surface area contributed by atoms with E-state index in [2.05, 4.69) is 10.3 Å². The maximum atomic E-state index is 12.4. The molecular weight excluding hydrogens is 394 g/mol. The number of ether oxygens (including phenoxy) is 1. The zero-order chi connectivity index (χ0) is 21.0. The van der Waals surface area contributed by atoms with Crippen LogP contribution < -0.4 is 10.9 Å². The second-order valence-electron chi connectivity index (χ2n) is 6.54. The fourth-order valence-electron chi connectivity index (χ4n) is 2.82. The summed E-state index contributed by atoms with van der Waals surface area (Å²) >= 11 is 5.89. The quantitative estimate of drug-likeness (QED) is 0.627. The van der Waals surface area contributed by atoms with Gasteiger partial charge in [-0.2, -0.15) is 0 Å². The van der Waals surface area contributed by atoms with Crippen molar-refractivity contribution in [2.75, 3.05) is 5.32 Å². The van der Waals surface area contributed by atoms with E-state index in [1.807, 2.05) is 0 Å². The van der Waals surface area contributed by atoms with Crippen LogP contribution in [0.15, 0.2) is 53.3 Å². The third-order valence-corrected chi connectivity index (χ3v) is 4.63. The number of rotatable bonds is 6. The first-order chi connectivity index (χ1) is 13.8. The van der Waals surface area contributed by atoms with E-state index in [-0.39, 0.29) is 18.4 Å².